The van der Waals surface area contributed by atoms with Crippen molar-refractivity contribution in [3.8, 4) is 0 Å². The van der Waals surface area contributed by atoms with Gasteiger partial charge in [0, 0.05) is 20.2 Å². The summed E-state index contributed by atoms with van der Waals surface area (Å²) in [5.41, 5.74) is 1.48. The minimum absolute atomic E-state index is 0.110. The number of benzene rings is 1. The second-order valence-corrected chi connectivity index (χ2v) is 6.27. The molecule has 1 aliphatic heterocycles. The summed E-state index contributed by atoms with van der Waals surface area (Å²) in [4.78, 5) is 14.7. The third-order valence-corrected chi connectivity index (χ3v) is 4.48. The number of amides is 1. The highest BCUT2D eigenvalue weighted by Crippen LogP contribution is 2.18. The van der Waals surface area contributed by atoms with E-state index < -0.39 is 0 Å². The van der Waals surface area contributed by atoms with Gasteiger partial charge in [-0.05, 0) is 31.5 Å². The Morgan fingerprint density at radius 1 is 1.32 bits per heavy atom. The number of piperidine rings is 1. The molecule has 2 aromatic rings. The lowest BCUT2D eigenvalue weighted by Crippen LogP contribution is -2.33. The van der Waals surface area contributed by atoms with Crippen LogP contribution in [-0.2, 0) is 11.3 Å². The quantitative estimate of drug-likeness (QED) is 0.825. The van der Waals surface area contributed by atoms with Crippen molar-refractivity contribution in [2.24, 2.45) is 0 Å². The van der Waals surface area contributed by atoms with E-state index in [1.807, 2.05) is 35.0 Å². The molecule has 0 unspecified atom stereocenters. The Morgan fingerprint density at radius 3 is 2.80 bits per heavy atom. The molecule has 1 aliphatic rings. The molecule has 3 rings (SSSR count). The maximum absolute atomic E-state index is 12.9. The maximum Gasteiger partial charge on any atom is 0.276 e. The lowest BCUT2D eigenvalue weighted by molar-refractivity contribution is 0.0674. The van der Waals surface area contributed by atoms with Crippen LogP contribution in [0.4, 0.5) is 0 Å². The number of ether oxygens (including phenoxy) is 1. The third kappa shape index (κ3) is 4.64. The van der Waals surface area contributed by atoms with E-state index in [0.717, 1.165) is 31.5 Å². The van der Waals surface area contributed by atoms with Crippen molar-refractivity contribution < 1.29 is 9.53 Å². The lowest BCUT2D eigenvalue weighted by atomic mass is 10.1. The van der Waals surface area contributed by atoms with Crippen LogP contribution in [-0.4, -0.2) is 59.2 Å². The molecule has 1 aromatic heterocycles. The molecule has 1 N–H and O–H groups in total. The van der Waals surface area contributed by atoms with Gasteiger partial charge in [0.15, 0.2) is 5.69 Å². The average molecular weight is 343 g/mol. The van der Waals surface area contributed by atoms with E-state index in [4.69, 9.17) is 4.74 Å². The van der Waals surface area contributed by atoms with E-state index in [1.54, 1.807) is 18.2 Å². The first kappa shape index (κ1) is 17.6. The van der Waals surface area contributed by atoms with Crippen molar-refractivity contribution >= 4 is 5.91 Å². The molecule has 1 saturated heterocycles. The Balaban J connectivity index is 1.71. The Labute approximate surface area is 148 Å². The second kappa shape index (κ2) is 8.73. The van der Waals surface area contributed by atoms with Crippen LogP contribution in [0.25, 0.3) is 0 Å². The van der Waals surface area contributed by atoms with Crippen molar-refractivity contribution in [1.82, 2.24) is 25.2 Å². The van der Waals surface area contributed by atoms with Crippen LogP contribution < -0.4 is 5.32 Å². The fraction of sp³-hybridized carbons (Fsp3) is 0.500. The molecular formula is C18H25N5O2. The molecule has 0 spiro atoms. The third-order valence-electron chi connectivity index (χ3n) is 4.48. The molecular weight excluding hydrogens is 318 g/mol. The van der Waals surface area contributed by atoms with Gasteiger partial charge >= 0.3 is 0 Å². The van der Waals surface area contributed by atoms with E-state index in [2.05, 4.69) is 15.6 Å². The molecule has 1 fully saturated rings. The SMILES string of the molecule is COCCN(Cc1ccccc1)C(=O)c1cn(C2CCNCC2)nn1. The van der Waals surface area contributed by atoms with Crippen molar-refractivity contribution in [1.29, 1.82) is 0 Å². The number of methoxy groups -OCH3 is 1. The van der Waals surface area contributed by atoms with E-state index in [9.17, 15) is 4.79 Å². The highest BCUT2D eigenvalue weighted by atomic mass is 16.5. The summed E-state index contributed by atoms with van der Waals surface area (Å²) in [6.07, 6.45) is 3.80. The van der Waals surface area contributed by atoms with Gasteiger partial charge in [0.2, 0.25) is 0 Å². The first-order chi connectivity index (χ1) is 12.3. The van der Waals surface area contributed by atoms with Crippen LogP contribution in [0.5, 0.6) is 0 Å². The van der Waals surface area contributed by atoms with Crippen LogP contribution >= 0.6 is 0 Å². The Kier molecular flexibility index (Phi) is 6.14. The molecule has 25 heavy (non-hydrogen) atoms. The van der Waals surface area contributed by atoms with Gasteiger partial charge in [-0.2, -0.15) is 0 Å². The zero-order valence-corrected chi connectivity index (χ0v) is 14.6. The Bertz CT molecular complexity index is 667. The van der Waals surface area contributed by atoms with Crippen molar-refractivity contribution in [2.75, 3.05) is 33.4 Å². The molecule has 7 nitrogen and oxygen atoms in total. The van der Waals surface area contributed by atoms with E-state index in [-0.39, 0.29) is 5.91 Å². The predicted molar refractivity (Wildman–Crippen MR) is 94.2 cm³/mol. The number of hydrogen-bond acceptors (Lipinski definition) is 5. The molecule has 0 saturated carbocycles. The molecule has 0 radical (unpaired) electrons. The number of hydrogen-bond donors (Lipinski definition) is 1. The van der Waals surface area contributed by atoms with Gasteiger partial charge in [-0.1, -0.05) is 35.5 Å². The van der Waals surface area contributed by atoms with Gasteiger partial charge < -0.3 is 15.0 Å². The second-order valence-electron chi connectivity index (χ2n) is 6.27. The largest absolute Gasteiger partial charge is 0.383 e. The lowest BCUT2D eigenvalue weighted by Gasteiger charge is -2.22. The molecule has 7 heteroatoms. The summed E-state index contributed by atoms with van der Waals surface area (Å²) in [5.74, 6) is -0.110. The molecule has 0 atom stereocenters. The minimum atomic E-state index is -0.110. The van der Waals surface area contributed by atoms with Crippen LogP contribution in [0.1, 0.15) is 34.9 Å². The van der Waals surface area contributed by atoms with Gasteiger partial charge in [-0.3, -0.25) is 4.79 Å². The van der Waals surface area contributed by atoms with Crippen molar-refractivity contribution in [3.63, 3.8) is 0 Å². The number of rotatable bonds is 7. The summed E-state index contributed by atoms with van der Waals surface area (Å²) >= 11 is 0. The van der Waals surface area contributed by atoms with Crippen LogP contribution in [0.15, 0.2) is 36.5 Å². The average Bonchev–Trinajstić information content (AvgIpc) is 3.16. The number of carbonyl (C=O) groups is 1. The number of nitrogens with one attached hydrogen (secondary N) is 1. The number of nitrogens with zero attached hydrogens (tertiary/aromatic N) is 4. The first-order valence-electron chi connectivity index (χ1n) is 8.72. The normalized spacial score (nSPS) is 15.2. The molecule has 1 amide bonds. The van der Waals surface area contributed by atoms with Gasteiger partial charge in [0.25, 0.3) is 5.91 Å². The summed E-state index contributed by atoms with van der Waals surface area (Å²) in [5, 5.41) is 11.6. The zero-order chi connectivity index (χ0) is 17.5. The van der Waals surface area contributed by atoms with Crippen LogP contribution in [0.3, 0.4) is 0 Å². The smallest absolute Gasteiger partial charge is 0.276 e. The van der Waals surface area contributed by atoms with Crippen molar-refractivity contribution in [2.45, 2.75) is 25.4 Å². The summed E-state index contributed by atoms with van der Waals surface area (Å²) in [7, 11) is 1.64. The molecule has 2 heterocycles. The molecule has 0 aliphatic carbocycles. The summed E-state index contributed by atoms with van der Waals surface area (Å²) in [6.45, 7) is 3.48. The zero-order valence-electron chi connectivity index (χ0n) is 14.6. The highest BCUT2D eigenvalue weighted by molar-refractivity contribution is 5.91. The fourth-order valence-electron chi connectivity index (χ4n) is 3.04. The van der Waals surface area contributed by atoms with E-state index in [0.29, 0.717) is 31.4 Å². The van der Waals surface area contributed by atoms with Crippen LogP contribution in [0, 0.1) is 0 Å². The Morgan fingerprint density at radius 2 is 2.08 bits per heavy atom. The number of carbonyl (C=O) groups excluding carboxylic acids is 1. The van der Waals surface area contributed by atoms with Gasteiger partial charge in [0.1, 0.15) is 0 Å². The van der Waals surface area contributed by atoms with Crippen LogP contribution in [0.2, 0.25) is 0 Å². The van der Waals surface area contributed by atoms with Gasteiger partial charge in [0.05, 0.1) is 18.8 Å². The predicted octanol–water partition coefficient (Wildman–Crippen LogP) is 1.49. The van der Waals surface area contributed by atoms with Gasteiger partial charge in [-0.25, -0.2) is 4.68 Å². The maximum atomic E-state index is 12.9. The monoisotopic (exact) mass is 343 g/mol. The minimum Gasteiger partial charge on any atom is -0.383 e. The molecule has 1 aromatic carbocycles. The highest BCUT2D eigenvalue weighted by Gasteiger charge is 2.22. The summed E-state index contributed by atoms with van der Waals surface area (Å²) in [6, 6.07) is 10.3. The van der Waals surface area contributed by atoms with Crippen molar-refractivity contribution in [3.05, 3.63) is 47.8 Å². The first-order valence-corrected chi connectivity index (χ1v) is 8.72. The summed E-state index contributed by atoms with van der Waals surface area (Å²) < 4.78 is 6.99. The standard InChI is InChI=1S/C18H25N5O2/c1-25-12-11-22(13-15-5-3-2-4-6-15)18(24)17-14-23(21-20-17)16-7-9-19-10-8-16/h2-6,14,16,19H,7-13H2,1H3. The van der Waals surface area contributed by atoms with Gasteiger partial charge in [-0.15, -0.1) is 5.10 Å². The fourth-order valence-corrected chi connectivity index (χ4v) is 3.04. The van der Waals surface area contributed by atoms with E-state index in [1.165, 1.54) is 0 Å². The number of aromatic nitrogens is 3. The van der Waals surface area contributed by atoms with E-state index >= 15 is 0 Å². The Hall–Kier alpha value is -2.25. The topological polar surface area (TPSA) is 72.3 Å². The molecule has 0 bridgehead atoms. The molecule has 134 valence electrons.